The summed E-state index contributed by atoms with van der Waals surface area (Å²) in [5.41, 5.74) is 0. The molecule has 2 heterocycles. The molecule has 2 N–H and O–H groups in total. The van der Waals surface area contributed by atoms with Crippen LogP contribution in [0.3, 0.4) is 0 Å². The molecule has 19 heavy (non-hydrogen) atoms. The monoisotopic (exact) mass is 270 g/mol. The Morgan fingerprint density at radius 3 is 3.05 bits per heavy atom. The lowest BCUT2D eigenvalue weighted by molar-refractivity contribution is -0.388. The van der Waals surface area contributed by atoms with Crippen molar-refractivity contribution in [2.24, 2.45) is 7.05 Å². The number of carboxylic acid groups (broad SMARTS) is 1. The molecule has 104 valence electrons. The average molecular weight is 270 g/mol. The molecule has 0 radical (unpaired) electrons. The molecule has 0 bridgehead atoms. The van der Waals surface area contributed by atoms with E-state index in [0.29, 0.717) is 19.4 Å². The largest absolute Gasteiger partial charge is 0.479 e. The Hall–Kier alpha value is -2.16. The van der Waals surface area contributed by atoms with Gasteiger partial charge in [-0.3, -0.25) is 4.57 Å². The van der Waals surface area contributed by atoms with Crippen molar-refractivity contribution in [1.82, 2.24) is 9.55 Å². The van der Waals surface area contributed by atoms with Gasteiger partial charge in [0.25, 0.3) is 0 Å². The summed E-state index contributed by atoms with van der Waals surface area (Å²) in [5, 5.41) is 22.4. The lowest BCUT2D eigenvalue weighted by Gasteiger charge is -2.12. The van der Waals surface area contributed by atoms with E-state index in [0.717, 1.165) is 0 Å². The molecule has 1 aromatic heterocycles. The molecule has 1 aromatic rings. The van der Waals surface area contributed by atoms with Gasteiger partial charge in [-0.2, -0.15) is 0 Å². The van der Waals surface area contributed by atoms with Crippen molar-refractivity contribution in [3.63, 3.8) is 0 Å². The number of aliphatic carboxylic acids is 1. The molecule has 0 aromatic carbocycles. The Morgan fingerprint density at radius 1 is 1.74 bits per heavy atom. The summed E-state index contributed by atoms with van der Waals surface area (Å²) in [7, 11) is 1.64. The van der Waals surface area contributed by atoms with Crippen molar-refractivity contribution in [3.05, 3.63) is 16.4 Å². The number of imidazole rings is 1. The Labute approximate surface area is 108 Å². The minimum atomic E-state index is -0.978. The molecule has 9 nitrogen and oxygen atoms in total. The van der Waals surface area contributed by atoms with Gasteiger partial charge in [0.2, 0.25) is 12.1 Å². The van der Waals surface area contributed by atoms with Crippen molar-refractivity contribution >= 4 is 17.6 Å². The zero-order chi connectivity index (χ0) is 14.0. The second-order valence-corrected chi connectivity index (χ2v) is 4.33. The van der Waals surface area contributed by atoms with Gasteiger partial charge in [0, 0.05) is 13.6 Å². The molecule has 0 aliphatic carbocycles. The third-order valence-corrected chi connectivity index (χ3v) is 2.97. The first-order valence-electron chi connectivity index (χ1n) is 5.77. The lowest BCUT2D eigenvalue weighted by Crippen LogP contribution is -2.25. The normalized spacial score (nSPS) is 22.4. The number of nitrogens with one attached hydrogen (secondary N) is 1. The number of hydrogen-bond donors (Lipinski definition) is 2. The maximum atomic E-state index is 10.8. The molecule has 0 amide bonds. The highest BCUT2D eigenvalue weighted by atomic mass is 16.6. The summed E-state index contributed by atoms with van der Waals surface area (Å²) in [4.78, 5) is 24.6. The summed E-state index contributed by atoms with van der Waals surface area (Å²) in [5.74, 6) is -0.948. The molecule has 9 heteroatoms. The summed E-state index contributed by atoms with van der Waals surface area (Å²) < 4.78 is 6.80. The highest BCUT2D eigenvalue weighted by molar-refractivity contribution is 5.72. The topological polar surface area (TPSA) is 120 Å². The molecule has 2 rings (SSSR count). The lowest BCUT2D eigenvalue weighted by atomic mass is 10.2. The van der Waals surface area contributed by atoms with Crippen molar-refractivity contribution in [3.8, 4) is 0 Å². The number of hydrogen-bond acceptors (Lipinski definition) is 6. The third-order valence-electron chi connectivity index (χ3n) is 2.97. The van der Waals surface area contributed by atoms with Crippen molar-refractivity contribution in [1.29, 1.82) is 0 Å². The van der Waals surface area contributed by atoms with Gasteiger partial charge in [-0.25, -0.2) is 4.79 Å². The highest BCUT2D eigenvalue weighted by Gasteiger charge is 2.31. The second kappa shape index (κ2) is 5.22. The van der Waals surface area contributed by atoms with Crippen LogP contribution in [0.5, 0.6) is 0 Å². The Balaban J connectivity index is 1.95. The van der Waals surface area contributed by atoms with Gasteiger partial charge in [-0.15, -0.1) is 0 Å². The average Bonchev–Trinajstić information content (AvgIpc) is 2.93. The summed E-state index contributed by atoms with van der Waals surface area (Å²) >= 11 is 0. The quantitative estimate of drug-likeness (QED) is 0.586. The number of carbonyl (C=O) groups is 1. The molecule has 1 saturated heterocycles. The van der Waals surface area contributed by atoms with Crippen LogP contribution in [0.15, 0.2) is 6.33 Å². The van der Waals surface area contributed by atoms with Crippen LogP contribution in [-0.4, -0.2) is 44.3 Å². The van der Waals surface area contributed by atoms with E-state index in [2.05, 4.69) is 10.3 Å². The van der Waals surface area contributed by atoms with Gasteiger partial charge in [0.05, 0.1) is 6.10 Å². The number of rotatable bonds is 5. The molecule has 1 aliphatic rings. The summed E-state index contributed by atoms with van der Waals surface area (Å²) in [6, 6.07) is 0. The smallest absolute Gasteiger partial charge is 0.406 e. The zero-order valence-electron chi connectivity index (χ0n) is 10.3. The maximum Gasteiger partial charge on any atom is 0.406 e. The van der Waals surface area contributed by atoms with E-state index < -0.39 is 17.0 Å². The van der Waals surface area contributed by atoms with E-state index in [4.69, 9.17) is 9.84 Å². The number of ether oxygens (including phenoxy) is 1. The molecular weight excluding hydrogens is 256 g/mol. The predicted octanol–water partition coefficient (Wildman–Crippen LogP) is 0.372. The Kier molecular flexibility index (Phi) is 3.65. The number of aryl methyl sites for hydroxylation is 1. The van der Waals surface area contributed by atoms with Crippen molar-refractivity contribution in [2.75, 3.05) is 11.9 Å². The van der Waals surface area contributed by atoms with E-state index in [1.165, 1.54) is 10.9 Å². The van der Waals surface area contributed by atoms with Crippen LogP contribution in [0.4, 0.5) is 11.6 Å². The van der Waals surface area contributed by atoms with Crippen LogP contribution in [0, 0.1) is 10.1 Å². The molecule has 0 saturated carbocycles. The van der Waals surface area contributed by atoms with Gasteiger partial charge in [-0.1, -0.05) is 0 Å². The molecule has 1 aliphatic heterocycles. The fourth-order valence-electron chi connectivity index (χ4n) is 2.00. The van der Waals surface area contributed by atoms with Gasteiger partial charge in [0.15, 0.2) is 6.10 Å². The molecular formula is C10H14N4O5. The Bertz CT molecular complexity index is 500. The van der Waals surface area contributed by atoms with Crippen molar-refractivity contribution in [2.45, 2.75) is 25.0 Å². The van der Waals surface area contributed by atoms with E-state index in [-0.39, 0.29) is 17.7 Å². The number of nitro groups is 1. The van der Waals surface area contributed by atoms with Gasteiger partial charge >= 0.3 is 11.8 Å². The van der Waals surface area contributed by atoms with Gasteiger partial charge in [-0.05, 0) is 22.7 Å². The van der Waals surface area contributed by atoms with Crippen LogP contribution in [0.25, 0.3) is 0 Å². The van der Waals surface area contributed by atoms with Crippen LogP contribution < -0.4 is 5.32 Å². The van der Waals surface area contributed by atoms with E-state index in [1.54, 1.807) is 7.05 Å². The molecule has 1 fully saturated rings. The summed E-state index contributed by atoms with van der Waals surface area (Å²) in [6.45, 7) is 0.310. The van der Waals surface area contributed by atoms with Gasteiger partial charge < -0.3 is 25.3 Å². The van der Waals surface area contributed by atoms with Crippen molar-refractivity contribution < 1.29 is 19.6 Å². The third kappa shape index (κ3) is 2.81. The SMILES string of the molecule is Cn1cnc([N+](=O)[O-])c1NCC1CCC(C(=O)O)O1. The highest BCUT2D eigenvalue weighted by Crippen LogP contribution is 2.24. The first-order valence-corrected chi connectivity index (χ1v) is 5.77. The minimum Gasteiger partial charge on any atom is -0.479 e. The van der Waals surface area contributed by atoms with Crippen LogP contribution >= 0.6 is 0 Å². The summed E-state index contributed by atoms with van der Waals surface area (Å²) in [6.07, 6.45) is 1.35. The van der Waals surface area contributed by atoms with E-state index in [9.17, 15) is 14.9 Å². The first-order chi connectivity index (χ1) is 8.99. The minimum absolute atomic E-state index is 0.254. The fourth-order valence-corrected chi connectivity index (χ4v) is 2.00. The molecule has 0 spiro atoms. The Morgan fingerprint density at radius 2 is 2.47 bits per heavy atom. The predicted molar refractivity (Wildman–Crippen MR) is 63.9 cm³/mol. The van der Waals surface area contributed by atoms with Gasteiger partial charge in [0.1, 0.15) is 0 Å². The first kappa shape index (κ1) is 13.3. The standard InChI is InChI=1S/C10H14N4O5/c1-13-5-12-9(14(17)18)8(13)11-4-6-2-3-7(19-6)10(15)16/h5-7,11H,2-4H2,1H3,(H,15,16). The number of nitrogens with zero attached hydrogens (tertiary/aromatic N) is 3. The molecule has 2 atom stereocenters. The van der Waals surface area contributed by atoms with Crippen LogP contribution in [0.1, 0.15) is 12.8 Å². The molecule has 2 unspecified atom stereocenters. The zero-order valence-corrected chi connectivity index (χ0v) is 10.3. The number of aromatic nitrogens is 2. The number of anilines is 1. The van der Waals surface area contributed by atoms with Crippen LogP contribution in [0.2, 0.25) is 0 Å². The van der Waals surface area contributed by atoms with E-state index >= 15 is 0 Å². The van der Waals surface area contributed by atoms with Crippen LogP contribution in [-0.2, 0) is 16.6 Å². The fraction of sp³-hybridized carbons (Fsp3) is 0.600. The second-order valence-electron chi connectivity index (χ2n) is 4.33. The maximum absolute atomic E-state index is 10.8. The number of carboxylic acids is 1. The van der Waals surface area contributed by atoms with E-state index in [1.807, 2.05) is 0 Å².